The number of benzene rings is 2. The minimum atomic E-state index is -0.655. The van der Waals surface area contributed by atoms with Crippen molar-refractivity contribution < 1.29 is 0 Å². The molecule has 0 heterocycles. The Morgan fingerprint density at radius 1 is 0.688 bits per heavy atom. The molecule has 16 heavy (non-hydrogen) atoms. The third kappa shape index (κ3) is 3.35. The van der Waals surface area contributed by atoms with Gasteiger partial charge in [-0.2, -0.15) is 0 Å². The summed E-state index contributed by atoms with van der Waals surface area (Å²) in [5, 5.41) is 0. The molecule has 82 valence electrons. The van der Waals surface area contributed by atoms with E-state index in [9.17, 15) is 0 Å². The van der Waals surface area contributed by atoms with E-state index in [2.05, 4.69) is 67.2 Å². The predicted molar refractivity (Wildman–Crippen MR) is 73.3 cm³/mol. The van der Waals surface area contributed by atoms with Gasteiger partial charge < -0.3 is 0 Å². The summed E-state index contributed by atoms with van der Waals surface area (Å²) < 4.78 is 0. The van der Waals surface area contributed by atoms with Crippen LogP contribution in [0.3, 0.4) is 0 Å². The Labute approximate surface area is 99.6 Å². The molecule has 0 aliphatic carbocycles. The molecule has 0 spiro atoms. The zero-order valence-corrected chi connectivity index (χ0v) is 10.9. The topological polar surface area (TPSA) is 0 Å². The Morgan fingerprint density at radius 2 is 1.06 bits per heavy atom. The smallest absolute Gasteiger partial charge is 0.0428 e. The average Bonchev–Trinajstić information content (AvgIpc) is 2.31. The summed E-state index contributed by atoms with van der Waals surface area (Å²) in [6.45, 7) is 2.46. The van der Waals surface area contributed by atoms with Crippen LogP contribution >= 0.6 is 0 Å². The van der Waals surface area contributed by atoms with E-state index in [1.165, 1.54) is 23.2 Å². The lowest BCUT2D eigenvalue weighted by molar-refractivity contribution is 1.26. The van der Waals surface area contributed by atoms with Crippen molar-refractivity contribution in [3.63, 3.8) is 0 Å². The summed E-state index contributed by atoms with van der Waals surface area (Å²) >= 11 is 0. The maximum atomic E-state index is 2.46. The molecule has 0 bridgehead atoms. The van der Waals surface area contributed by atoms with Gasteiger partial charge in [0.15, 0.2) is 0 Å². The third-order valence-corrected chi connectivity index (χ3v) is 5.19. The maximum absolute atomic E-state index is 2.46. The minimum Gasteiger partial charge on any atom is -0.0715 e. The highest BCUT2D eigenvalue weighted by molar-refractivity contribution is 6.56. The van der Waals surface area contributed by atoms with Crippen molar-refractivity contribution in [2.45, 2.75) is 18.6 Å². The van der Waals surface area contributed by atoms with Gasteiger partial charge in [0.1, 0.15) is 0 Å². The first-order chi connectivity index (χ1) is 7.84. The van der Waals surface area contributed by atoms with Crippen LogP contribution in [0.25, 0.3) is 0 Å². The minimum absolute atomic E-state index is 0.655. The van der Waals surface area contributed by atoms with Crippen LogP contribution in [0, 0.1) is 0 Å². The van der Waals surface area contributed by atoms with Gasteiger partial charge in [0.2, 0.25) is 0 Å². The van der Waals surface area contributed by atoms with Crippen LogP contribution in [0.4, 0.5) is 0 Å². The van der Waals surface area contributed by atoms with Crippen LogP contribution in [0.5, 0.6) is 0 Å². The standard InChI is InChI=1S/C15H18Si/c1-16(12-14-8-4-2-5-9-14)13-15-10-6-3-7-11-15/h2-11,16H,12-13H2,1H3. The van der Waals surface area contributed by atoms with Crippen LogP contribution in [0.2, 0.25) is 6.55 Å². The second-order valence-corrected chi connectivity index (χ2v) is 7.51. The zero-order chi connectivity index (χ0) is 11.2. The molecule has 0 radical (unpaired) electrons. The van der Waals surface area contributed by atoms with E-state index in [0.717, 1.165) is 0 Å². The quantitative estimate of drug-likeness (QED) is 0.701. The van der Waals surface area contributed by atoms with Crippen LogP contribution in [-0.2, 0) is 12.1 Å². The van der Waals surface area contributed by atoms with E-state index in [4.69, 9.17) is 0 Å². The average molecular weight is 226 g/mol. The van der Waals surface area contributed by atoms with E-state index in [1.54, 1.807) is 0 Å². The summed E-state index contributed by atoms with van der Waals surface area (Å²) in [4.78, 5) is 0. The molecular formula is C15H18Si. The van der Waals surface area contributed by atoms with Crippen LogP contribution in [-0.4, -0.2) is 8.80 Å². The van der Waals surface area contributed by atoms with Crippen molar-refractivity contribution in [2.75, 3.05) is 0 Å². The normalized spacial score (nSPS) is 10.6. The Balaban J connectivity index is 1.92. The second kappa shape index (κ2) is 5.66. The molecule has 0 atom stereocenters. The molecule has 1 heteroatoms. The molecule has 2 aromatic rings. The molecular weight excluding hydrogens is 208 g/mol. The van der Waals surface area contributed by atoms with Gasteiger partial charge in [0, 0.05) is 8.80 Å². The SMILES string of the molecule is C[SiH](Cc1ccccc1)Cc1ccccc1. The van der Waals surface area contributed by atoms with Crippen molar-refractivity contribution in [1.82, 2.24) is 0 Å². The lowest BCUT2D eigenvalue weighted by Gasteiger charge is -2.09. The zero-order valence-electron chi connectivity index (χ0n) is 9.77. The van der Waals surface area contributed by atoms with Crippen LogP contribution in [0.1, 0.15) is 11.1 Å². The summed E-state index contributed by atoms with van der Waals surface area (Å²) in [5.41, 5.74) is 3.00. The van der Waals surface area contributed by atoms with E-state index in [-0.39, 0.29) is 0 Å². The number of hydrogen-bond acceptors (Lipinski definition) is 0. The Hall–Kier alpha value is -1.34. The fourth-order valence-corrected chi connectivity index (χ4v) is 4.40. The lowest BCUT2D eigenvalue weighted by atomic mass is 10.2. The van der Waals surface area contributed by atoms with E-state index in [0.29, 0.717) is 0 Å². The first-order valence-corrected chi connectivity index (χ1v) is 8.71. The number of hydrogen-bond donors (Lipinski definition) is 0. The first-order valence-electron chi connectivity index (χ1n) is 5.92. The van der Waals surface area contributed by atoms with E-state index in [1.807, 2.05) is 0 Å². The van der Waals surface area contributed by atoms with E-state index >= 15 is 0 Å². The summed E-state index contributed by atoms with van der Waals surface area (Å²) in [5.74, 6) is 0. The largest absolute Gasteiger partial charge is 0.0715 e. The molecule has 0 aromatic heterocycles. The molecule has 0 nitrogen and oxygen atoms in total. The monoisotopic (exact) mass is 226 g/mol. The highest BCUT2D eigenvalue weighted by atomic mass is 28.3. The molecule has 0 amide bonds. The maximum Gasteiger partial charge on any atom is 0.0428 e. The molecule has 0 unspecified atom stereocenters. The fourth-order valence-electron chi connectivity index (χ4n) is 2.11. The fraction of sp³-hybridized carbons (Fsp3) is 0.200. The lowest BCUT2D eigenvalue weighted by Crippen LogP contribution is -2.15. The Kier molecular flexibility index (Phi) is 3.95. The molecule has 0 fully saturated rings. The highest BCUT2D eigenvalue weighted by Crippen LogP contribution is 2.07. The molecule has 0 saturated carbocycles. The second-order valence-electron chi connectivity index (χ2n) is 4.48. The Morgan fingerprint density at radius 3 is 1.44 bits per heavy atom. The van der Waals surface area contributed by atoms with Gasteiger partial charge >= 0.3 is 0 Å². The molecule has 0 aliphatic heterocycles. The highest BCUT2D eigenvalue weighted by Gasteiger charge is 2.05. The molecule has 0 aliphatic rings. The van der Waals surface area contributed by atoms with Gasteiger partial charge in [0.25, 0.3) is 0 Å². The molecule has 0 N–H and O–H groups in total. The van der Waals surface area contributed by atoms with Gasteiger partial charge in [-0.3, -0.25) is 0 Å². The van der Waals surface area contributed by atoms with Gasteiger partial charge in [-0.1, -0.05) is 78.3 Å². The molecule has 2 rings (SSSR count). The molecule has 2 aromatic carbocycles. The van der Waals surface area contributed by atoms with Crippen LogP contribution in [0.15, 0.2) is 60.7 Å². The van der Waals surface area contributed by atoms with Gasteiger partial charge in [-0.15, -0.1) is 0 Å². The molecule has 0 saturated heterocycles. The van der Waals surface area contributed by atoms with Gasteiger partial charge in [-0.25, -0.2) is 0 Å². The van der Waals surface area contributed by atoms with Crippen molar-refractivity contribution in [3.05, 3.63) is 71.8 Å². The van der Waals surface area contributed by atoms with Gasteiger partial charge in [-0.05, 0) is 12.1 Å². The van der Waals surface area contributed by atoms with Crippen molar-refractivity contribution in [2.24, 2.45) is 0 Å². The van der Waals surface area contributed by atoms with Gasteiger partial charge in [0.05, 0.1) is 0 Å². The summed E-state index contributed by atoms with van der Waals surface area (Å²) in [6.07, 6.45) is 0. The van der Waals surface area contributed by atoms with Crippen LogP contribution < -0.4 is 0 Å². The summed E-state index contributed by atoms with van der Waals surface area (Å²) in [7, 11) is -0.655. The number of rotatable bonds is 4. The van der Waals surface area contributed by atoms with E-state index < -0.39 is 8.80 Å². The Bertz CT molecular complexity index is 366. The first kappa shape index (κ1) is 11.2. The van der Waals surface area contributed by atoms with Crippen molar-refractivity contribution in [1.29, 1.82) is 0 Å². The summed E-state index contributed by atoms with van der Waals surface area (Å²) in [6, 6.07) is 24.3. The predicted octanol–water partition coefficient (Wildman–Crippen LogP) is 3.41. The van der Waals surface area contributed by atoms with Crippen molar-refractivity contribution in [3.8, 4) is 0 Å². The third-order valence-electron chi connectivity index (χ3n) is 2.85. The van der Waals surface area contributed by atoms with Crippen molar-refractivity contribution >= 4 is 8.80 Å².